The van der Waals surface area contributed by atoms with E-state index in [0.29, 0.717) is 6.07 Å². The number of halogens is 4. The Labute approximate surface area is 141 Å². The zero-order valence-electron chi connectivity index (χ0n) is 11.9. The molecule has 0 aliphatic heterocycles. The largest absolute Gasteiger partial charge is 0.478 e. The Kier molecular flexibility index (Phi) is 4.49. The van der Waals surface area contributed by atoms with Gasteiger partial charge in [0.15, 0.2) is 0 Å². The number of carboxylic acid groups (broad SMARTS) is 2. The van der Waals surface area contributed by atoms with E-state index in [1.54, 1.807) is 4.98 Å². The van der Waals surface area contributed by atoms with Gasteiger partial charge in [-0.2, -0.15) is 13.2 Å². The summed E-state index contributed by atoms with van der Waals surface area (Å²) >= 11 is 5.79. The number of benzene rings is 1. The number of hydrogen-bond donors (Lipinski definition) is 4. The molecular weight excluding hydrogens is 369 g/mol. The quantitative estimate of drug-likeness (QED) is 0.650. The van der Waals surface area contributed by atoms with Crippen LogP contribution in [0.2, 0.25) is 5.02 Å². The fraction of sp³-hybridized carbons (Fsp3) is 0.0714. The Morgan fingerprint density at radius 2 is 1.64 bits per heavy atom. The molecule has 0 saturated heterocycles. The number of H-pyrrole nitrogens is 1. The van der Waals surface area contributed by atoms with Gasteiger partial charge in [0.25, 0.3) is 5.56 Å². The van der Waals surface area contributed by atoms with E-state index in [9.17, 15) is 37.8 Å². The molecule has 0 atom stereocenters. The summed E-state index contributed by atoms with van der Waals surface area (Å²) in [7, 11) is 0. The Morgan fingerprint density at radius 3 is 2.12 bits per heavy atom. The molecule has 0 unspecified atom stereocenters. The van der Waals surface area contributed by atoms with E-state index in [1.807, 2.05) is 0 Å². The van der Waals surface area contributed by atoms with E-state index in [0.717, 1.165) is 12.1 Å². The van der Waals surface area contributed by atoms with E-state index < -0.39 is 62.3 Å². The summed E-state index contributed by atoms with van der Waals surface area (Å²) in [6, 6.07) is 2.53. The topological polar surface area (TPSA) is 133 Å². The highest BCUT2D eigenvalue weighted by atomic mass is 35.5. The number of hydrogen-bond acceptors (Lipinski definition) is 4. The Morgan fingerprint density at radius 1 is 1.08 bits per heavy atom. The van der Waals surface area contributed by atoms with E-state index in [2.05, 4.69) is 0 Å². The Hall–Kier alpha value is -3.01. The molecule has 11 heteroatoms. The number of aromatic amines is 1. The smallest absolute Gasteiger partial charge is 0.417 e. The molecule has 0 saturated carbocycles. The van der Waals surface area contributed by atoms with Gasteiger partial charge in [-0.1, -0.05) is 17.7 Å². The molecule has 25 heavy (non-hydrogen) atoms. The number of carboxylic acids is 2. The maximum Gasteiger partial charge on any atom is 0.417 e. The van der Waals surface area contributed by atoms with Crippen LogP contribution in [0.4, 0.5) is 19.0 Å². The van der Waals surface area contributed by atoms with Gasteiger partial charge in [0.05, 0.1) is 5.56 Å². The van der Waals surface area contributed by atoms with Gasteiger partial charge in [-0.25, -0.2) is 9.59 Å². The van der Waals surface area contributed by atoms with Crippen molar-refractivity contribution >= 4 is 29.4 Å². The van der Waals surface area contributed by atoms with Crippen LogP contribution in [-0.2, 0) is 6.18 Å². The van der Waals surface area contributed by atoms with E-state index in [1.165, 1.54) is 0 Å². The molecule has 2 aromatic rings. The van der Waals surface area contributed by atoms with Gasteiger partial charge < -0.3 is 20.9 Å². The number of carbonyl (C=O) groups is 2. The van der Waals surface area contributed by atoms with Crippen LogP contribution >= 0.6 is 11.6 Å². The van der Waals surface area contributed by atoms with Crippen molar-refractivity contribution in [1.29, 1.82) is 0 Å². The molecule has 0 spiro atoms. The van der Waals surface area contributed by atoms with Crippen LogP contribution in [0.15, 0.2) is 23.0 Å². The highest BCUT2D eigenvalue weighted by Crippen LogP contribution is 2.43. The van der Waals surface area contributed by atoms with Crippen molar-refractivity contribution in [2.24, 2.45) is 0 Å². The van der Waals surface area contributed by atoms with Gasteiger partial charge in [0, 0.05) is 16.1 Å². The third kappa shape index (κ3) is 3.15. The van der Waals surface area contributed by atoms with Crippen LogP contribution in [0.5, 0.6) is 0 Å². The summed E-state index contributed by atoms with van der Waals surface area (Å²) in [5, 5.41) is 17.9. The predicted octanol–water partition coefficient (Wildman–Crippen LogP) is 2.69. The van der Waals surface area contributed by atoms with Crippen molar-refractivity contribution in [3.8, 4) is 11.1 Å². The van der Waals surface area contributed by atoms with Gasteiger partial charge in [-0.15, -0.1) is 0 Å². The van der Waals surface area contributed by atoms with Crippen molar-refractivity contribution in [3.63, 3.8) is 0 Å². The van der Waals surface area contributed by atoms with Crippen LogP contribution in [-0.4, -0.2) is 27.1 Å². The van der Waals surface area contributed by atoms with Crippen molar-refractivity contribution in [3.05, 3.63) is 50.3 Å². The first kappa shape index (κ1) is 18.3. The molecule has 0 aliphatic rings. The number of rotatable bonds is 3. The van der Waals surface area contributed by atoms with Gasteiger partial charge in [-0.3, -0.25) is 4.79 Å². The highest BCUT2D eigenvalue weighted by Gasteiger charge is 2.38. The summed E-state index contributed by atoms with van der Waals surface area (Å²) in [4.78, 5) is 36.5. The molecule has 0 bridgehead atoms. The average Bonchev–Trinajstić information content (AvgIpc) is 2.44. The van der Waals surface area contributed by atoms with Gasteiger partial charge in [-0.05, 0) is 12.1 Å². The van der Waals surface area contributed by atoms with Gasteiger partial charge in [0.1, 0.15) is 16.9 Å². The maximum absolute atomic E-state index is 13.3. The second-order valence-electron chi connectivity index (χ2n) is 4.76. The van der Waals surface area contributed by atoms with Gasteiger partial charge >= 0.3 is 18.1 Å². The molecule has 0 radical (unpaired) electrons. The number of alkyl halides is 3. The molecule has 1 aromatic carbocycles. The highest BCUT2D eigenvalue weighted by molar-refractivity contribution is 6.34. The minimum absolute atomic E-state index is 0.579. The summed E-state index contributed by atoms with van der Waals surface area (Å²) in [5.74, 6) is -4.57. The second-order valence-corrected chi connectivity index (χ2v) is 5.17. The van der Waals surface area contributed by atoms with Crippen LogP contribution in [0.1, 0.15) is 26.3 Å². The second kappa shape index (κ2) is 6.13. The zero-order chi connectivity index (χ0) is 19.1. The van der Waals surface area contributed by atoms with E-state index in [4.69, 9.17) is 17.3 Å². The van der Waals surface area contributed by atoms with Crippen LogP contribution in [0.3, 0.4) is 0 Å². The molecule has 2 rings (SSSR count). The molecule has 0 aliphatic carbocycles. The summed E-state index contributed by atoms with van der Waals surface area (Å²) in [6.45, 7) is 0. The number of anilines is 1. The van der Waals surface area contributed by atoms with Crippen LogP contribution in [0, 0.1) is 0 Å². The molecule has 5 N–H and O–H groups in total. The Bertz CT molecular complexity index is 953. The zero-order valence-corrected chi connectivity index (χ0v) is 12.7. The lowest BCUT2D eigenvalue weighted by molar-refractivity contribution is -0.137. The summed E-state index contributed by atoms with van der Waals surface area (Å²) < 4.78 is 39.9. The Balaban J connectivity index is 3.16. The number of nitrogens with two attached hydrogens (primary N) is 1. The van der Waals surface area contributed by atoms with E-state index in [-0.39, 0.29) is 0 Å². The third-order valence-corrected chi connectivity index (χ3v) is 3.56. The van der Waals surface area contributed by atoms with Crippen LogP contribution in [0.25, 0.3) is 11.1 Å². The minimum atomic E-state index is -5.00. The lowest BCUT2D eigenvalue weighted by Gasteiger charge is -2.18. The van der Waals surface area contributed by atoms with Crippen molar-refractivity contribution in [2.45, 2.75) is 6.18 Å². The predicted molar refractivity (Wildman–Crippen MR) is 80.8 cm³/mol. The first-order valence-electron chi connectivity index (χ1n) is 6.35. The number of aromatic nitrogens is 1. The normalized spacial score (nSPS) is 11.4. The lowest BCUT2D eigenvalue weighted by Crippen LogP contribution is -2.25. The SMILES string of the molecule is Nc1[nH]c(=O)c(C(=O)O)c(-c2c(Cl)cccc2C(F)(F)F)c1C(=O)O. The number of nitrogens with one attached hydrogen (secondary N) is 1. The third-order valence-electron chi connectivity index (χ3n) is 3.24. The van der Waals surface area contributed by atoms with Crippen molar-refractivity contribution in [2.75, 3.05) is 5.73 Å². The van der Waals surface area contributed by atoms with Crippen LogP contribution < -0.4 is 11.3 Å². The van der Waals surface area contributed by atoms with Crippen molar-refractivity contribution < 1.29 is 33.0 Å². The lowest BCUT2D eigenvalue weighted by atomic mass is 9.91. The number of nitrogen functional groups attached to an aromatic ring is 1. The average molecular weight is 377 g/mol. The van der Waals surface area contributed by atoms with Gasteiger partial charge in [0.2, 0.25) is 0 Å². The van der Waals surface area contributed by atoms with Crippen molar-refractivity contribution in [1.82, 2.24) is 4.98 Å². The molecule has 0 amide bonds. The maximum atomic E-state index is 13.3. The molecule has 132 valence electrons. The summed E-state index contributed by atoms with van der Waals surface area (Å²) in [6.07, 6.45) is -5.00. The monoisotopic (exact) mass is 376 g/mol. The van der Waals surface area contributed by atoms with E-state index >= 15 is 0 Å². The minimum Gasteiger partial charge on any atom is -0.478 e. The molecule has 1 aromatic heterocycles. The first-order valence-corrected chi connectivity index (χ1v) is 6.73. The molecular formula is C14H8ClF3N2O5. The first-order chi connectivity index (χ1) is 11.5. The molecule has 1 heterocycles. The standard InChI is InChI=1S/C14H8ClF3N2O5/c15-5-3-1-2-4(14(16,17)18)6(5)7-8(12(22)23)10(19)20-11(21)9(7)13(24)25/h1-3H,(H,22,23)(H,24,25)(H3,19,20,21). The fourth-order valence-electron chi connectivity index (χ4n) is 2.31. The molecule has 0 fully saturated rings. The number of aromatic carboxylic acids is 2. The fourth-order valence-corrected chi connectivity index (χ4v) is 2.58. The molecule has 7 nitrogen and oxygen atoms in total. The number of pyridine rings is 1. The summed E-state index contributed by atoms with van der Waals surface area (Å²) in [5.41, 5.74) is -1.58.